The van der Waals surface area contributed by atoms with Crippen molar-refractivity contribution in [3.8, 4) is 5.75 Å². The van der Waals surface area contributed by atoms with E-state index in [2.05, 4.69) is 10.3 Å². The molecule has 6 nitrogen and oxygen atoms in total. The lowest BCUT2D eigenvalue weighted by Gasteiger charge is -2.02. The highest BCUT2D eigenvalue weighted by molar-refractivity contribution is 7.22. The first-order valence-corrected chi connectivity index (χ1v) is 8.38. The number of fused-ring (bicyclic) bond motifs is 2. The summed E-state index contributed by atoms with van der Waals surface area (Å²) in [5.41, 5.74) is 2.50. The van der Waals surface area contributed by atoms with Gasteiger partial charge < -0.3 is 19.6 Å². The van der Waals surface area contributed by atoms with Crippen molar-refractivity contribution in [2.24, 2.45) is 0 Å². The summed E-state index contributed by atoms with van der Waals surface area (Å²) in [6.45, 7) is 0.584. The van der Waals surface area contributed by atoms with Crippen LogP contribution in [0.3, 0.4) is 0 Å². The van der Waals surface area contributed by atoms with Gasteiger partial charge in [-0.25, -0.2) is 9.78 Å². The van der Waals surface area contributed by atoms with Crippen LogP contribution >= 0.6 is 11.3 Å². The minimum Gasteiger partial charge on any atom is -0.497 e. The zero-order valence-corrected chi connectivity index (χ0v) is 14.1. The summed E-state index contributed by atoms with van der Waals surface area (Å²) in [7, 11) is 1.64. The van der Waals surface area contributed by atoms with Crippen LogP contribution in [0, 0.1) is 0 Å². The second kappa shape index (κ2) is 6.10. The standard InChI is InChI=1S/C18H14N2O4S/c1-23-12-3-4-13-16(8-12)25-18(20-13)19-9-10-2-5-14-11(6-10)7-15(24-14)17(21)22/h2-8H,9H2,1H3,(H,19,20)(H,21,22). The fourth-order valence-electron chi connectivity index (χ4n) is 2.59. The number of nitrogens with zero attached hydrogens (tertiary/aromatic N) is 1. The van der Waals surface area contributed by atoms with E-state index < -0.39 is 5.97 Å². The zero-order chi connectivity index (χ0) is 17.4. The highest BCUT2D eigenvalue weighted by atomic mass is 32.1. The molecule has 2 aromatic carbocycles. The summed E-state index contributed by atoms with van der Waals surface area (Å²) in [5, 5.41) is 13.9. The Balaban J connectivity index is 1.54. The molecule has 0 bridgehead atoms. The lowest BCUT2D eigenvalue weighted by Crippen LogP contribution is -1.98. The highest BCUT2D eigenvalue weighted by Gasteiger charge is 2.11. The van der Waals surface area contributed by atoms with Crippen LogP contribution < -0.4 is 10.1 Å². The zero-order valence-electron chi connectivity index (χ0n) is 13.3. The molecule has 0 saturated carbocycles. The van der Waals surface area contributed by atoms with E-state index in [0.29, 0.717) is 12.1 Å². The molecule has 0 aliphatic carbocycles. The Morgan fingerprint density at radius 3 is 2.96 bits per heavy atom. The van der Waals surface area contributed by atoms with Crippen molar-refractivity contribution in [2.45, 2.75) is 6.54 Å². The normalized spacial score (nSPS) is 11.1. The molecule has 7 heteroatoms. The molecule has 0 saturated heterocycles. The number of rotatable bonds is 5. The monoisotopic (exact) mass is 354 g/mol. The van der Waals surface area contributed by atoms with Gasteiger partial charge in [-0.15, -0.1) is 0 Å². The highest BCUT2D eigenvalue weighted by Crippen LogP contribution is 2.29. The van der Waals surface area contributed by atoms with Crippen molar-refractivity contribution in [3.63, 3.8) is 0 Å². The Labute approximate surface area is 146 Å². The number of methoxy groups -OCH3 is 1. The van der Waals surface area contributed by atoms with Crippen LogP contribution in [-0.2, 0) is 6.54 Å². The van der Waals surface area contributed by atoms with Crippen LogP contribution in [-0.4, -0.2) is 23.2 Å². The summed E-state index contributed by atoms with van der Waals surface area (Å²) in [5.74, 6) is -0.316. The predicted molar refractivity (Wildman–Crippen MR) is 96.7 cm³/mol. The maximum absolute atomic E-state index is 11.0. The third-order valence-corrected chi connectivity index (χ3v) is 4.81. The van der Waals surface area contributed by atoms with Crippen LogP contribution in [0.5, 0.6) is 5.75 Å². The second-order valence-electron chi connectivity index (χ2n) is 5.49. The average molecular weight is 354 g/mol. The first-order valence-electron chi connectivity index (χ1n) is 7.56. The van der Waals surface area contributed by atoms with Gasteiger partial charge in [0.05, 0.1) is 17.3 Å². The van der Waals surface area contributed by atoms with Gasteiger partial charge in [0.25, 0.3) is 0 Å². The molecule has 4 aromatic rings. The van der Waals surface area contributed by atoms with E-state index in [9.17, 15) is 4.79 Å². The number of nitrogens with one attached hydrogen (secondary N) is 1. The van der Waals surface area contributed by atoms with Crippen molar-refractivity contribution < 1.29 is 19.1 Å². The van der Waals surface area contributed by atoms with Gasteiger partial charge in [0.15, 0.2) is 5.13 Å². The third kappa shape index (κ3) is 3.01. The smallest absolute Gasteiger partial charge is 0.371 e. The largest absolute Gasteiger partial charge is 0.497 e. The summed E-state index contributed by atoms with van der Waals surface area (Å²) < 4.78 is 11.5. The van der Waals surface area contributed by atoms with E-state index in [4.69, 9.17) is 14.3 Å². The van der Waals surface area contributed by atoms with Crippen molar-refractivity contribution >= 4 is 43.6 Å². The van der Waals surface area contributed by atoms with E-state index in [1.54, 1.807) is 24.5 Å². The van der Waals surface area contributed by atoms with Gasteiger partial charge >= 0.3 is 5.97 Å². The Morgan fingerprint density at radius 2 is 2.16 bits per heavy atom. The number of carboxylic acid groups (broad SMARTS) is 1. The molecular weight excluding hydrogens is 340 g/mol. The van der Waals surface area contributed by atoms with Crippen molar-refractivity contribution in [1.82, 2.24) is 4.98 Å². The van der Waals surface area contributed by atoms with Gasteiger partial charge in [-0.2, -0.15) is 0 Å². The molecule has 0 amide bonds. The van der Waals surface area contributed by atoms with Crippen LogP contribution in [0.25, 0.3) is 21.2 Å². The summed E-state index contributed by atoms with van der Waals surface area (Å²) >= 11 is 1.56. The van der Waals surface area contributed by atoms with Crippen molar-refractivity contribution in [3.05, 3.63) is 53.8 Å². The maximum atomic E-state index is 11.0. The molecule has 0 fully saturated rings. The predicted octanol–water partition coefficient (Wildman–Crippen LogP) is 4.36. The van der Waals surface area contributed by atoms with Gasteiger partial charge in [-0.05, 0) is 42.0 Å². The number of carbonyl (C=O) groups is 1. The molecule has 2 heterocycles. The van der Waals surface area contributed by atoms with E-state index in [1.165, 1.54) is 6.07 Å². The number of furan rings is 1. The van der Waals surface area contributed by atoms with Gasteiger partial charge in [-0.3, -0.25) is 0 Å². The lowest BCUT2D eigenvalue weighted by molar-refractivity contribution is 0.0665. The van der Waals surface area contributed by atoms with Gasteiger partial charge in [0, 0.05) is 11.9 Å². The number of benzene rings is 2. The molecule has 0 atom stereocenters. The van der Waals surface area contributed by atoms with E-state index in [1.807, 2.05) is 30.3 Å². The summed E-state index contributed by atoms with van der Waals surface area (Å²) in [6.07, 6.45) is 0. The number of aromatic carboxylic acids is 1. The molecule has 126 valence electrons. The number of aromatic nitrogens is 1. The van der Waals surface area contributed by atoms with Crippen LogP contribution in [0.15, 0.2) is 46.9 Å². The minimum atomic E-state index is -1.07. The van der Waals surface area contributed by atoms with Crippen molar-refractivity contribution in [1.29, 1.82) is 0 Å². The maximum Gasteiger partial charge on any atom is 0.371 e. The topological polar surface area (TPSA) is 84.6 Å². The molecule has 25 heavy (non-hydrogen) atoms. The van der Waals surface area contributed by atoms with Crippen LogP contribution in [0.4, 0.5) is 5.13 Å². The molecule has 0 unspecified atom stereocenters. The first kappa shape index (κ1) is 15.5. The quantitative estimate of drug-likeness (QED) is 0.554. The summed E-state index contributed by atoms with van der Waals surface area (Å²) in [4.78, 5) is 15.5. The van der Waals surface area contributed by atoms with Gasteiger partial charge in [-0.1, -0.05) is 17.4 Å². The van der Waals surface area contributed by atoms with Gasteiger partial charge in [0.1, 0.15) is 11.3 Å². The molecule has 0 aliphatic heterocycles. The second-order valence-corrected chi connectivity index (χ2v) is 6.52. The molecular formula is C18H14N2O4S. The van der Waals surface area contributed by atoms with Gasteiger partial charge in [0.2, 0.25) is 5.76 Å². The minimum absolute atomic E-state index is 0.0553. The number of thiazole rings is 1. The number of hydrogen-bond donors (Lipinski definition) is 2. The fourth-order valence-corrected chi connectivity index (χ4v) is 3.48. The van der Waals surface area contributed by atoms with E-state index in [0.717, 1.165) is 32.0 Å². The third-order valence-electron chi connectivity index (χ3n) is 3.83. The van der Waals surface area contributed by atoms with E-state index in [-0.39, 0.29) is 5.76 Å². The molecule has 2 aromatic heterocycles. The van der Waals surface area contributed by atoms with Crippen molar-refractivity contribution in [2.75, 3.05) is 12.4 Å². The summed E-state index contributed by atoms with van der Waals surface area (Å²) in [6, 6.07) is 12.9. The van der Waals surface area contributed by atoms with Crippen LogP contribution in [0.1, 0.15) is 16.1 Å². The SMILES string of the molecule is COc1ccc2nc(NCc3ccc4oc(C(=O)O)cc4c3)sc2c1. The molecule has 0 aliphatic rings. The number of anilines is 1. The lowest BCUT2D eigenvalue weighted by atomic mass is 10.1. The first-order chi connectivity index (χ1) is 12.1. The molecule has 0 spiro atoms. The Hall–Kier alpha value is -3.06. The Morgan fingerprint density at radius 1 is 1.28 bits per heavy atom. The molecule has 0 radical (unpaired) electrons. The molecule has 4 rings (SSSR count). The van der Waals surface area contributed by atoms with Crippen LogP contribution in [0.2, 0.25) is 0 Å². The Bertz CT molecular complexity index is 1080. The fraction of sp³-hybridized carbons (Fsp3) is 0.111. The molecule has 2 N–H and O–H groups in total. The average Bonchev–Trinajstić information content (AvgIpc) is 3.22. The van der Waals surface area contributed by atoms with E-state index >= 15 is 0 Å². The number of hydrogen-bond acceptors (Lipinski definition) is 6. The number of ether oxygens (including phenoxy) is 1. The number of carboxylic acids is 1. The Kier molecular flexibility index (Phi) is 3.77.